The molecule has 0 bridgehead atoms. The number of nitrogens with one attached hydrogen (secondary N) is 1. The molecule has 1 aliphatic rings. The molecule has 2 aromatic rings. The fourth-order valence-electron chi connectivity index (χ4n) is 3.44. The lowest BCUT2D eigenvalue weighted by atomic mass is 10.1. The first-order valence-electron chi connectivity index (χ1n) is 10.1. The second-order valence-corrected chi connectivity index (χ2v) is 7.33. The highest BCUT2D eigenvalue weighted by atomic mass is 16.5. The van der Waals surface area contributed by atoms with Crippen LogP contribution in [0.5, 0.6) is 5.75 Å². The van der Waals surface area contributed by atoms with Crippen LogP contribution < -0.4 is 10.1 Å². The van der Waals surface area contributed by atoms with E-state index in [0.717, 1.165) is 60.5 Å². The Hall–Kier alpha value is -3.08. The van der Waals surface area contributed by atoms with Crippen LogP contribution in [0.2, 0.25) is 0 Å². The van der Waals surface area contributed by atoms with E-state index in [1.54, 1.807) is 13.2 Å². The monoisotopic (exact) mass is 392 g/mol. The van der Waals surface area contributed by atoms with Crippen molar-refractivity contribution in [3.05, 3.63) is 65.7 Å². The van der Waals surface area contributed by atoms with Gasteiger partial charge in [-0.05, 0) is 67.2 Å². The van der Waals surface area contributed by atoms with Crippen molar-refractivity contribution in [2.45, 2.75) is 32.6 Å². The van der Waals surface area contributed by atoms with Gasteiger partial charge < -0.3 is 15.0 Å². The number of hydrogen-bond donors (Lipinski definition) is 1. The number of nitrogens with zero attached hydrogens (tertiary/aromatic N) is 1. The van der Waals surface area contributed by atoms with Crippen LogP contribution in [0.3, 0.4) is 0 Å². The molecular formula is C24H28N2O3. The third-order valence-corrected chi connectivity index (χ3v) is 5.20. The molecule has 2 amide bonds. The van der Waals surface area contributed by atoms with Crippen LogP contribution >= 0.6 is 0 Å². The Morgan fingerprint density at radius 1 is 1.03 bits per heavy atom. The summed E-state index contributed by atoms with van der Waals surface area (Å²) < 4.78 is 5.16. The molecule has 0 spiro atoms. The number of benzene rings is 2. The van der Waals surface area contributed by atoms with Gasteiger partial charge in [-0.1, -0.05) is 24.3 Å². The van der Waals surface area contributed by atoms with Crippen molar-refractivity contribution in [3.8, 4) is 5.75 Å². The van der Waals surface area contributed by atoms with Gasteiger partial charge in [0.2, 0.25) is 11.8 Å². The van der Waals surface area contributed by atoms with Crippen LogP contribution in [0.4, 0.5) is 5.69 Å². The molecule has 0 atom stereocenters. The molecule has 1 heterocycles. The lowest BCUT2D eigenvalue weighted by Gasteiger charge is -2.15. The zero-order chi connectivity index (χ0) is 20.6. The lowest BCUT2D eigenvalue weighted by molar-refractivity contribution is -0.130. The topological polar surface area (TPSA) is 58.6 Å². The maximum absolute atomic E-state index is 12.3. The number of methoxy groups -OCH3 is 1. The predicted molar refractivity (Wildman–Crippen MR) is 116 cm³/mol. The summed E-state index contributed by atoms with van der Waals surface area (Å²) in [7, 11) is 1.63. The largest absolute Gasteiger partial charge is 0.497 e. The van der Waals surface area contributed by atoms with Gasteiger partial charge in [0.25, 0.3) is 0 Å². The number of anilines is 1. The Morgan fingerprint density at radius 3 is 2.31 bits per heavy atom. The number of aryl methyl sites for hydroxylation is 1. The van der Waals surface area contributed by atoms with Crippen molar-refractivity contribution in [3.63, 3.8) is 0 Å². The van der Waals surface area contributed by atoms with Crippen LogP contribution in [0, 0.1) is 0 Å². The molecule has 1 fully saturated rings. The van der Waals surface area contributed by atoms with Crippen molar-refractivity contribution < 1.29 is 14.3 Å². The lowest BCUT2D eigenvalue weighted by Crippen LogP contribution is -2.27. The predicted octanol–water partition coefficient (Wildman–Crippen LogP) is 4.29. The summed E-state index contributed by atoms with van der Waals surface area (Å²) in [6.07, 6.45) is 5.08. The SMILES string of the molecule is COc1ccc(/C(C)=C/C(=O)Nc2ccc(CCC(=O)N3CCCC3)cc2)cc1. The zero-order valence-corrected chi connectivity index (χ0v) is 17.1. The number of amides is 2. The molecule has 29 heavy (non-hydrogen) atoms. The highest BCUT2D eigenvalue weighted by molar-refractivity contribution is 6.03. The molecule has 0 aliphatic carbocycles. The van der Waals surface area contributed by atoms with E-state index >= 15 is 0 Å². The molecular weight excluding hydrogens is 364 g/mol. The van der Waals surface area contributed by atoms with Gasteiger partial charge in [0.05, 0.1) is 7.11 Å². The van der Waals surface area contributed by atoms with Crippen molar-refractivity contribution in [2.75, 3.05) is 25.5 Å². The van der Waals surface area contributed by atoms with Crippen molar-refractivity contribution in [1.82, 2.24) is 4.90 Å². The number of rotatable bonds is 7. The van der Waals surface area contributed by atoms with Gasteiger partial charge in [-0.15, -0.1) is 0 Å². The third-order valence-electron chi connectivity index (χ3n) is 5.20. The fourth-order valence-corrected chi connectivity index (χ4v) is 3.44. The molecule has 152 valence electrons. The van der Waals surface area contributed by atoms with E-state index in [-0.39, 0.29) is 11.8 Å². The summed E-state index contributed by atoms with van der Waals surface area (Å²) in [6.45, 7) is 3.70. The number of allylic oxidation sites excluding steroid dienone is 1. The zero-order valence-electron chi connectivity index (χ0n) is 17.1. The second kappa shape index (κ2) is 9.92. The maximum atomic E-state index is 12.3. The molecule has 0 radical (unpaired) electrons. The van der Waals surface area contributed by atoms with E-state index in [1.165, 1.54) is 0 Å². The summed E-state index contributed by atoms with van der Waals surface area (Å²) in [6, 6.07) is 15.3. The molecule has 0 unspecified atom stereocenters. The summed E-state index contributed by atoms with van der Waals surface area (Å²) in [5.41, 5.74) is 3.69. The Balaban J connectivity index is 1.51. The van der Waals surface area contributed by atoms with Crippen LogP contribution in [0.1, 0.15) is 37.3 Å². The van der Waals surface area contributed by atoms with Crippen molar-refractivity contribution >= 4 is 23.1 Å². The first-order valence-corrected chi connectivity index (χ1v) is 10.1. The Kier molecular flexibility index (Phi) is 7.06. The molecule has 1 saturated heterocycles. The highest BCUT2D eigenvalue weighted by Crippen LogP contribution is 2.19. The summed E-state index contributed by atoms with van der Waals surface area (Å²) >= 11 is 0. The Labute approximate surface area is 172 Å². The van der Waals surface area contributed by atoms with Gasteiger partial charge in [0.1, 0.15) is 5.75 Å². The number of ether oxygens (including phenoxy) is 1. The van der Waals surface area contributed by atoms with Gasteiger partial charge in [-0.2, -0.15) is 0 Å². The standard InChI is InChI=1S/C24H28N2O3/c1-18(20-8-12-22(29-2)13-9-20)17-23(27)25-21-10-5-19(6-11-21)7-14-24(28)26-15-3-4-16-26/h5-6,8-13,17H,3-4,7,14-16H2,1-2H3,(H,25,27)/b18-17+. The smallest absolute Gasteiger partial charge is 0.248 e. The molecule has 0 aromatic heterocycles. The minimum atomic E-state index is -0.171. The van der Waals surface area contributed by atoms with E-state index in [4.69, 9.17) is 4.74 Å². The number of likely N-dealkylation sites (tertiary alicyclic amines) is 1. The summed E-state index contributed by atoms with van der Waals surface area (Å²) in [5.74, 6) is 0.850. The fraction of sp³-hybridized carbons (Fsp3) is 0.333. The third kappa shape index (κ3) is 5.95. The van der Waals surface area contributed by atoms with Gasteiger partial charge in [-0.25, -0.2) is 0 Å². The molecule has 5 nitrogen and oxygen atoms in total. The number of carbonyl (C=O) groups is 2. The van der Waals surface area contributed by atoms with Crippen LogP contribution in [-0.2, 0) is 16.0 Å². The first kappa shape index (κ1) is 20.6. The second-order valence-electron chi connectivity index (χ2n) is 7.33. The van der Waals surface area contributed by atoms with Crippen LogP contribution in [0.25, 0.3) is 5.57 Å². The number of hydrogen-bond acceptors (Lipinski definition) is 3. The van der Waals surface area contributed by atoms with Crippen molar-refractivity contribution in [1.29, 1.82) is 0 Å². The minimum absolute atomic E-state index is 0.171. The molecule has 0 saturated carbocycles. The average Bonchev–Trinajstić information content (AvgIpc) is 3.28. The molecule has 5 heteroatoms. The molecule has 3 rings (SSSR count). The highest BCUT2D eigenvalue weighted by Gasteiger charge is 2.17. The van der Waals surface area contributed by atoms with Crippen LogP contribution in [-0.4, -0.2) is 36.9 Å². The van der Waals surface area contributed by atoms with E-state index in [9.17, 15) is 9.59 Å². The molecule has 1 aliphatic heterocycles. The van der Waals surface area contributed by atoms with E-state index in [1.807, 2.05) is 60.4 Å². The quantitative estimate of drug-likeness (QED) is 0.715. The van der Waals surface area contributed by atoms with Gasteiger partial charge in [-0.3, -0.25) is 9.59 Å². The summed E-state index contributed by atoms with van der Waals surface area (Å²) in [4.78, 5) is 26.4. The maximum Gasteiger partial charge on any atom is 0.248 e. The van der Waals surface area contributed by atoms with E-state index < -0.39 is 0 Å². The van der Waals surface area contributed by atoms with Gasteiger partial charge >= 0.3 is 0 Å². The van der Waals surface area contributed by atoms with Gasteiger partial charge in [0, 0.05) is 31.3 Å². The minimum Gasteiger partial charge on any atom is -0.497 e. The normalized spacial score (nSPS) is 14.0. The molecule has 2 aromatic carbocycles. The van der Waals surface area contributed by atoms with Crippen molar-refractivity contribution in [2.24, 2.45) is 0 Å². The van der Waals surface area contributed by atoms with E-state index in [2.05, 4.69) is 5.32 Å². The Morgan fingerprint density at radius 2 is 1.69 bits per heavy atom. The first-order chi connectivity index (χ1) is 14.0. The van der Waals surface area contributed by atoms with E-state index in [0.29, 0.717) is 6.42 Å². The van der Waals surface area contributed by atoms with Crippen LogP contribution in [0.15, 0.2) is 54.6 Å². The average molecular weight is 392 g/mol. The molecule has 1 N–H and O–H groups in total. The van der Waals surface area contributed by atoms with Gasteiger partial charge in [0.15, 0.2) is 0 Å². The number of carbonyl (C=O) groups excluding carboxylic acids is 2. The Bertz CT molecular complexity index is 864. The summed E-state index contributed by atoms with van der Waals surface area (Å²) in [5, 5.41) is 2.89.